The van der Waals surface area contributed by atoms with Crippen LogP contribution in [0.3, 0.4) is 0 Å². The van der Waals surface area contributed by atoms with E-state index in [2.05, 4.69) is 39.8 Å². The zero-order valence-corrected chi connectivity index (χ0v) is 16.0. The molecule has 0 fully saturated rings. The van der Waals surface area contributed by atoms with Crippen molar-refractivity contribution in [3.8, 4) is 5.75 Å². The molecular formula is C23H28O2. The van der Waals surface area contributed by atoms with Gasteiger partial charge in [-0.05, 0) is 59.4 Å². The molecule has 2 aromatic rings. The first kappa shape index (κ1) is 17.7. The molecule has 3 rings (SSSR count). The summed E-state index contributed by atoms with van der Waals surface area (Å²) < 4.78 is 6.09. The van der Waals surface area contributed by atoms with Crippen molar-refractivity contribution in [1.29, 1.82) is 0 Å². The number of Topliss-reactive ketones (excluding diaryl/α,β-unsaturated/α-hetero) is 1. The highest BCUT2D eigenvalue weighted by Crippen LogP contribution is 2.47. The molecule has 1 aliphatic carbocycles. The first-order chi connectivity index (χ1) is 11.7. The quantitative estimate of drug-likeness (QED) is 0.658. The van der Waals surface area contributed by atoms with Gasteiger partial charge in [-0.25, -0.2) is 0 Å². The van der Waals surface area contributed by atoms with Crippen LogP contribution in [0.15, 0.2) is 42.5 Å². The van der Waals surface area contributed by atoms with Crippen LogP contribution < -0.4 is 4.74 Å². The molecule has 0 radical (unpaired) electrons. The summed E-state index contributed by atoms with van der Waals surface area (Å²) in [7, 11) is 0. The van der Waals surface area contributed by atoms with Crippen LogP contribution in [-0.2, 0) is 17.4 Å². The van der Waals surface area contributed by atoms with Gasteiger partial charge in [-0.3, -0.25) is 4.79 Å². The van der Waals surface area contributed by atoms with Gasteiger partial charge in [0.25, 0.3) is 0 Å². The third-order valence-corrected chi connectivity index (χ3v) is 5.57. The predicted octanol–water partition coefficient (Wildman–Crippen LogP) is 5.82. The van der Waals surface area contributed by atoms with Gasteiger partial charge in [0.1, 0.15) is 12.4 Å². The van der Waals surface area contributed by atoms with Crippen LogP contribution in [0, 0.1) is 0 Å². The smallest absolute Gasteiger partial charge is 0.163 e. The van der Waals surface area contributed by atoms with Crippen molar-refractivity contribution in [1.82, 2.24) is 0 Å². The Bertz CT molecular complexity index is 785. The third-order valence-electron chi connectivity index (χ3n) is 5.57. The van der Waals surface area contributed by atoms with Crippen molar-refractivity contribution in [3.63, 3.8) is 0 Å². The summed E-state index contributed by atoms with van der Waals surface area (Å²) in [6.45, 7) is 11.2. The zero-order valence-electron chi connectivity index (χ0n) is 16.0. The van der Waals surface area contributed by atoms with E-state index < -0.39 is 0 Å². The van der Waals surface area contributed by atoms with E-state index in [1.807, 2.05) is 30.3 Å². The molecule has 0 bridgehead atoms. The van der Waals surface area contributed by atoms with Gasteiger partial charge < -0.3 is 4.74 Å². The third kappa shape index (κ3) is 3.49. The first-order valence-corrected chi connectivity index (χ1v) is 9.07. The molecule has 132 valence electrons. The number of fused-ring (bicyclic) bond motifs is 1. The van der Waals surface area contributed by atoms with E-state index in [1.165, 1.54) is 11.1 Å². The molecule has 0 unspecified atom stereocenters. The van der Waals surface area contributed by atoms with E-state index in [-0.39, 0.29) is 16.6 Å². The lowest BCUT2D eigenvalue weighted by atomic mass is 9.63. The minimum absolute atomic E-state index is 0.0602. The molecule has 2 aromatic carbocycles. The number of benzene rings is 2. The lowest BCUT2D eigenvalue weighted by molar-refractivity contribution is 0.101. The molecule has 0 saturated carbocycles. The van der Waals surface area contributed by atoms with Crippen molar-refractivity contribution in [2.24, 2.45) is 0 Å². The molecule has 1 aliphatic rings. The van der Waals surface area contributed by atoms with Crippen molar-refractivity contribution in [2.75, 3.05) is 0 Å². The molecule has 0 aromatic heterocycles. The topological polar surface area (TPSA) is 26.3 Å². The van der Waals surface area contributed by atoms with Gasteiger partial charge in [0.05, 0.1) is 5.56 Å². The average Bonchev–Trinajstić information content (AvgIpc) is 2.57. The Kier molecular flexibility index (Phi) is 4.49. The maximum atomic E-state index is 12.3. The summed E-state index contributed by atoms with van der Waals surface area (Å²) in [4.78, 5) is 12.3. The molecule has 0 atom stereocenters. The lowest BCUT2D eigenvalue weighted by Crippen LogP contribution is -2.34. The van der Waals surface area contributed by atoms with Crippen LogP contribution in [-0.4, -0.2) is 5.78 Å². The molecule has 0 aliphatic heterocycles. The van der Waals surface area contributed by atoms with E-state index in [0.29, 0.717) is 17.9 Å². The second-order valence-electron chi connectivity index (χ2n) is 8.49. The highest BCUT2D eigenvalue weighted by molar-refractivity contribution is 5.97. The minimum atomic E-state index is 0.0602. The van der Waals surface area contributed by atoms with Crippen molar-refractivity contribution in [3.05, 3.63) is 64.7 Å². The average molecular weight is 336 g/mol. The minimum Gasteiger partial charge on any atom is -0.488 e. The van der Waals surface area contributed by atoms with Crippen LogP contribution in [0.25, 0.3) is 0 Å². The second kappa shape index (κ2) is 6.33. The first-order valence-electron chi connectivity index (χ1n) is 9.07. The number of carbonyl (C=O) groups is 1. The Morgan fingerprint density at radius 2 is 1.52 bits per heavy atom. The van der Waals surface area contributed by atoms with Crippen LogP contribution >= 0.6 is 0 Å². The monoisotopic (exact) mass is 336 g/mol. The van der Waals surface area contributed by atoms with Crippen LogP contribution in [0.4, 0.5) is 0 Å². The van der Waals surface area contributed by atoms with Gasteiger partial charge in [0.15, 0.2) is 5.78 Å². The Morgan fingerprint density at radius 3 is 2.08 bits per heavy atom. The van der Waals surface area contributed by atoms with Crippen LogP contribution in [0.5, 0.6) is 5.75 Å². The molecule has 0 amide bonds. The normalized spacial score (nSPS) is 17.6. The maximum absolute atomic E-state index is 12.3. The number of hydrogen-bond acceptors (Lipinski definition) is 2. The zero-order chi connectivity index (χ0) is 18.2. The van der Waals surface area contributed by atoms with Gasteiger partial charge in [0, 0.05) is 0 Å². The molecule has 0 spiro atoms. The Morgan fingerprint density at radius 1 is 0.960 bits per heavy atom. The number of rotatable bonds is 4. The van der Waals surface area contributed by atoms with Crippen molar-refractivity contribution >= 4 is 5.78 Å². The van der Waals surface area contributed by atoms with Gasteiger partial charge in [-0.15, -0.1) is 0 Å². The highest BCUT2D eigenvalue weighted by Gasteiger charge is 2.38. The Labute approximate surface area is 151 Å². The summed E-state index contributed by atoms with van der Waals surface area (Å²) in [5, 5.41) is 0. The van der Waals surface area contributed by atoms with E-state index >= 15 is 0 Å². The van der Waals surface area contributed by atoms with Crippen molar-refractivity contribution in [2.45, 2.75) is 64.9 Å². The SMILES string of the molecule is CC(=O)c1cc2c(cc1OCc1ccccc1)C(C)(C)CCC2(C)C. The second-order valence-corrected chi connectivity index (χ2v) is 8.49. The summed E-state index contributed by atoms with van der Waals surface area (Å²) in [6.07, 6.45) is 2.28. The molecule has 2 nitrogen and oxygen atoms in total. The number of ketones is 1. The summed E-state index contributed by atoms with van der Waals surface area (Å²) in [6, 6.07) is 14.3. The summed E-state index contributed by atoms with van der Waals surface area (Å²) >= 11 is 0. The van der Waals surface area contributed by atoms with Crippen molar-refractivity contribution < 1.29 is 9.53 Å². The van der Waals surface area contributed by atoms with Gasteiger partial charge in [0.2, 0.25) is 0 Å². The van der Waals surface area contributed by atoms with E-state index in [0.717, 1.165) is 18.4 Å². The fourth-order valence-electron chi connectivity index (χ4n) is 3.72. The van der Waals surface area contributed by atoms with Gasteiger partial charge >= 0.3 is 0 Å². The maximum Gasteiger partial charge on any atom is 0.163 e. The van der Waals surface area contributed by atoms with Gasteiger partial charge in [-0.1, -0.05) is 58.0 Å². The molecule has 0 N–H and O–H groups in total. The van der Waals surface area contributed by atoms with Crippen LogP contribution in [0.2, 0.25) is 0 Å². The van der Waals surface area contributed by atoms with E-state index in [9.17, 15) is 4.79 Å². The molecule has 25 heavy (non-hydrogen) atoms. The lowest BCUT2D eigenvalue weighted by Gasteiger charge is -2.42. The van der Waals surface area contributed by atoms with E-state index in [4.69, 9.17) is 4.74 Å². The number of hydrogen-bond donors (Lipinski definition) is 0. The summed E-state index contributed by atoms with van der Waals surface area (Å²) in [5.41, 5.74) is 4.60. The fourth-order valence-corrected chi connectivity index (χ4v) is 3.72. The molecule has 2 heteroatoms. The van der Waals surface area contributed by atoms with Crippen LogP contribution in [0.1, 0.15) is 74.5 Å². The number of ether oxygens (including phenoxy) is 1. The largest absolute Gasteiger partial charge is 0.488 e. The molecule has 0 saturated heterocycles. The molecular weight excluding hydrogens is 308 g/mol. The summed E-state index contributed by atoms with van der Waals surface area (Å²) in [5.74, 6) is 0.769. The van der Waals surface area contributed by atoms with Gasteiger partial charge in [-0.2, -0.15) is 0 Å². The highest BCUT2D eigenvalue weighted by atomic mass is 16.5. The van der Waals surface area contributed by atoms with E-state index in [1.54, 1.807) is 6.92 Å². The molecule has 0 heterocycles. The predicted molar refractivity (Wildman–Crippen MR) is 103 cm³/mol. The standard InChI is InChI=1S/C23H28O2/c1-16(24)18-13-19-20(23(4,5)12-11-22(19,2)3)14-21(18)25-15-17-9-7-6-8-10-17/h6-10,13-14H,11-12,15H2,1-5H3. The fraction of sp³-hybridized carbons (Fsp3) is 0.435. The Balaban J connectivity index is 2.04. The number of carbonyl (C=O) groups excluding carboxylic acids is 1. The Hall–Kier alpha value is -2.09.